The number of hydrogen-bond acceptors (Lipinski definition) is 3. The minimum absolute atomic E-state index is 0.247. The molecule has 1 rings (SSSR count). The number of piperidine rings is 1. The predicted molar refractivity (Wildman–Crippen MR) is 50.1 cm³/mol. The van der Waals surface area contributed by atoms with Crippen LogP contribution in [-0.2, 0) is 4.79 Å². The van der Waals surface area contributed by atoms with E-state index in [4.69, 9.17) is 5.11 Å². The number of hydrogen-bond donors (Lipinski definition) is 1. The third kappa shape index (κ3) is 2.38. The SMILES string of the molecule is CCSN1CCCC[C@H]1C(=O)O. The van der Waals surface area contributed by atoms with E-state index in [1.54, 1.807) is 11.9 Å². The van der Waals surface area contributed by atoms with Gasteiger partial charge in [0.1, 0.15) is 6.04 Å². The summed E-state index contributed by atoms with van der Waals surface area (Å²) in [6, 6.07) is -0.247. The van der Waals surface area contributed by atoms with Crippen LogP contribution in [-0.4, -0.2) is 33.7 Å². The highest BCUT2D eigenvalue weighted by atomic mass is 32.2. The lowest BCUT2D eigenvalue weighted by molar-refractivity contribution is -0.142. The standard InChI is InChI=1S/C8H15NO2S/c1-2-12-9-6-4-3-5-7(9)8(10)11/h7H,2-6H2,1H3,(H,10,11)/t7-/m0/s1. The fraction of sp³-hybridized carbons (Fsp3) is 0.875. The summed E-state index contributed by atoms with van der Waals surface area (Å²) >= 11 is 1.64. The van der Waals surface area contributed by atoms with Gasteiger partial charge in [0.25, 0.3) is 0 Å². The maximum absolute atomic E-state index is 10.8. The monoisotopic (exact) mass is 189 g/mol. The van der Waals surface area contributed by atoms with Crippen molar-refractivity contribution >= 4 is 17.9 Å². The molecule has 0 aliphatic carbocycles. The van der Waals surface area contributed by atoms with Gasteiger partial charge in [0.2, 0.25) is 0 Å². The maximum Gasteiger partial charge on any atom is 0.321 e. The van der Waals surface area contributed by atoms with Crippen LogP contribution in [0.1, 0.15) is 26.2 Å². The zero-order chi connectivity index (χ0) is 8.97. The van der Waals surface area contributed by atoms with Gasteiger partial charge in [0, 0.05) is 12.3 Å². The molecular weight excluding hydrogens is 174 g/mol. The first-order valence-electron chi connectivity index (χ1n) is 4.38. The van der Waals surface area contributed by atoms with Crippen LogP contribution in [0.3, 0.4) is 0 Å². The molecule has 0 spiro atoms. The van der Waals surface area contributed by atoms with Gasteiger partial charge >= 0.3 is 5.97 Å². The molecule has 1 heterocycles. The number of carbonyl (C=O) groups is 1. The van der Waals surface area contributed by atoms with Gasteiger partial charge in [-0.3, -0.25) is 4.79 Å². The van der Waals surface area contributed by atoms with E-state index in [-0.39, 0.29) is 6.04 Å². The number of carboxylic acid groups (broad SMARTS) is 1. The predicted octanol–water partition coefficient (Wildman–Crippen LogP) is 1.59. The molecule has 0 aromatic rings. The molecule has 1 N–H and O–H groups in total. The molecule has 12 heavy (non-hydrogen) atoms. The summed E-state index contributed by atoms with van der Waals surface area (Å²) in [4.78, 5) is 10.8. The zero-order valence-corrected chi connectivity index (χ0v) is 8.14. The Hall–Kier alpha value is -0.220. The first-order valence-corrected chi connectivity index (χ1v) is 5.32. The van der Waals surface area contributed by atoms with Crippen LogP contribution in [0, 0.1) is 0 Å². The molecule has 1 saturated heterocycles. The van der Waals surface area contributed by atoms with Gasteiger partial charge in [-0.05, 0) is 19.3 Å². The molecule has 1 fully saturated rings. The van der Waals surface area contributed by atoms with Gasteiger partial charge in [-0.1, -0.05) is 18.9 Å². The molecule has 70 valence electrons. The Morgan fingerprint density at radius 1 is 1.67 bits per heavy atom. The molecule has 1 atom stereocenters. The average Bonchev–Trinajstić information content (AvgIpc) is 2.05. The zero-order valence-electron chi connectivity index (χ0n) is 7.32. The molecule has 0 saturated carbocycles. The second-order valence-electron chi connectivity index (χ2n) is 2.91. The van der Waals surface area contributed by atoms with Crippen molar-refractivity contribution in [3.05, 3.63) is 0 Å². The Labute approximate surface area is 77.3 Å². The second kappa shape index (κ2) is 4.72. The number of rotatable bonds is 3. The van der Waals surface area contributed by atoms with Crippen molar-refractivity contribution in [2.24, 2.45) is 0 Å². The molecule has 0 bridgehead atoms. The summed E-state index contributed by atoms with van der Waals surface area (Å²) in [5, 5.41) is 8.88. The fourth-order valence-electron chi connectivity index (χ4n) is 1.47. The van der Waals surface area contributed by atoms with E-state index in [1.165, 1.54) is 0 Å². The molecule has 4 heteroatoms. The highest BCUT2D eigenvalue weighted by Gasteiger charge is 2.27. The Morgan fingerprint density at radius 3 is 3.00 bits per heavy atom. The van der Waals surface area contributed by atoms with Gasteiger partial charge in [-0.25, -0.2) is 4.31 Å². The molecule has 3 nitrogen and oxygen atoms in total. The minimum atomic E-state index is -0.671. The topological polar surface area (TPSA) is 40.5 Å². The summed E-state index contributed by atoms with van der Waals surface area (Å²) in [6.07, 6.45) is 3.00. The van der Waals surface area contributed by atoms with Crippen LogP contribution in [0.2, 0.25) is 0 Å². The van der Waals surface area contributed by atoms with Gasteiger partial charge in [-0.15, -0.1) is 0 Å². The Morgan fingerprint density at radius 2 is 2.42 bits per heavy atom. The molecule has 0 unspecified atom stereocenters. The molecule has 1 aliphatic rings. The van der Waals surface area contributed by atoms with Crippen LogP contribution < -0.4 is 0 Å². The van der Waals surface area contributed by atoms with E-state index in [9.17, 15) is 4.79 Å². The molecule has 1 aliphatic heterocycles. The van der Waals surface area contributed by atoms with Crippen molar-refractivity contribution in [1.82, 2.24) is 4.31 Å². The van der Waals surface area contributed by atoms with Crippen molar-refractivity contribution in [3.8, 4) is 0 Å². The van der Waals surface area contributed by atoms with Crippen LogP contribution in [0.4, 0.5) is 0 Å². The van der Waals surface area contributed by atoms with Crippen molar-refractivity contribution in [2.75, 3.05) is 12.3 Å². The Balaban J connectivity index is 2.48. The first-order chi connectivity index (χ1) is 5.75. The molecule has 0 aromatic heterocycles. The molecular formula is C8H15NO2S. The van der Waals surface area contributed by atoms with E-state index in [1.807, 2.05) is 4.31 Å². The van der Waals surface area contributed by atoms with E-state index >= 15 is 0 Å². The highest BCUT2D eigenvalue weighted by molar-refractivity contribution is 7.97. The van der Waals surface area contributed by atoms with Crippen LogP contribution >= 0.6 is 11.9 Å². The molecule has 0 amide bonds. The van der Waals surface area contributed by atoms with Crippen molar-refractivity contribution in [1.29, 1.82) is 0 Å². The van der Waals surface area contributed by atoms with Gasteiger partial charge in [-0.2, -0.15) is 0 Å². The van der Waals surface area contributed by atoms with Crippen molar-refractivity contribution in [3.63, 3.8) is 0 Å². The largest absolute Gasteiger partial charge is 0.480 e. The van der Waals surface area contributed by atoms with E-state index in [0.717, 1.165) is 31.6 Å². The number of carboxylic acids is 1. The Kier molecular flexibility index (Phi) is 3.88. The van der Waals surface area contributed by atoms with Gasteiger partial charge < -0.3 is 5.11 Å². The summed E-state index contributed by atoms with van der Waals surface area (Å²) in [5.41, 5.74) is 0. The third-order valence-electron chi connectivity index (χ3n) is 2.03. The Bertz CT molecular complexity index is 161. The molecule has 0 radical (unpaired) electrons. The van der Waals surface area contributed by atoms with E-state index in [2.05, 4.69) is 6.92 Å². The van der Waals surface area contributed by atoms with Crippen LogP contribution in [0.15, 0.2) is 0 Å². The molecule has 0 aromatic carbocycles. The van der Waals surface area contributed by atoms with E-state index in [0.29, 0.717) is 0 Å². The quantitative estimate of drug-likeness (QED) is 0.684. The van der Waals surface area contributed by atoms with Gasteiger partial charge in [0.15, 0.2) is 0 Å². The third-order valence-corrected chi connectivity index (χ3v) is 3.06. The minimum Gasteiger partial charge on any atom is -0.480 e. The fourth-order valence-corrected chi connectivity index (χ4v) is 2.44. The van der Waals surface area contributed by atoms with Gasteiger partial charge in [0.05, 0.1) is 0 Å². The van der Waals surface area contributed by atoms with E-state index < -0.39 is 5.97 Å². The summed E-state index contributed by atoms with van der Waals surface area (Å²) in [7, 11) is 0. The highest BCUT2D eigenvalue weighted by Crippen LogP contribution is 2.24. The lowest BCUT2D eigenvalue weighted by Crippen LogP contribution is -2.40. The summed E-state index contributed by atoms with van der Waals surface area (Å²) in [6.45, 7) is 2.98. The van der Waals surface area contributed by atoms with Crippen LogP contribution in [0.25, 0.3) is 0 Å². The second-order valence-corrected chi connectivity index (χ2v) is 4.21. The first kappa shape index (κ1) is 9.86. The number of aliphatic carboxylic acids is 1. The van der Waals surface area contributed by atoms with Crippen LogP contribution in [0.5, 0.6) is 0 Å². The van der Waals surface area contributed by atoms with Crippen molar-refractivity contribution in [2.45, 2.75) is 32.2 Å². The van der Waals surface area contributed by atoms with Crippen molar-refractivity contribution < 1.29 is 9.90 Å². The summed E-state index contributed by atoms with van der Waals surface area (Å²) in [5.74, 6) is 0.291. The normalized spacial score (nSPS) is 25.6. The smallest absolute Gasteiger partial charge is 0.321 e. The maximum atomic E-state index is 10.8. The average molecular weight is 189 g/mol. The summed E-state index contributed by atoms with van der Waals surface area (Å²) < 4.78 is 2.01. The lowest BCUT2D eigenvalue weighted by Gasteiger charge is -2.31. The lowest BCUT2D eigenvalue weighted by atomic mass is 10.1. The number of nitrogens with zero attached hydrogens (tertiary/aromatic N) is 1.